The SMILES string of the molecule is CC(=O)Oc1ccc(C=CC(=O)c2ccc(OC(C)=O)c(CC=C(C)CCC=C(C)C)c2OC(C)=O)cc1. The van der Waals surface area contributed by atoms with Crippen LogP contribution in [0.1, 0.15) is 75.9 Å². The van der Waals surface area contributed by atoms with E-state index >= 15 is 0 Å². The monoisotopic (exact) mass is 518 g/mol. The lowest BCUT2D eigenvalue weighted by molar-refractivity contribution is -0.133. The van der Waals surface area contributed by atoms with Crippen molar-refractivity contribution in [3.8, 4) is 17.2 Å². The molecule has 0 radical (unpaired) electrons. The van der Waals surface area contributed by atoms with Crippen LogP contribution in [0, 0.1) is 0 Å². The van der Waals surface area contributed by atoms with Crippen molar-refractivity contribution in [3.63, 3.8) is 0 Å². The number of carbonyl (C=O) groups excluding carboxylic acids is 4. The molecule has 0 aliphatic carbocycles. The fourth-order valence-electron chi connectivity index (χ4n) is 3.55. The average molecular weight is 519 g/mol. The van der Waals surface area contributed by atoms with Gasteiger partial charge in [-0.1, -0.05) is 41.5 Å². The smallest absolute Gasteiger partial charge is 0.308 e. The molecule has 2 rings (SSSR count). The molecule has 7 nitrogen and oxygen atoms in total. The summed E-state index contributed by atoms with van der Waals surface area (Å²) in [6.45, 7) is 9.94. The lowest BCUT2D eigenvalue weighted by atomic mass is 9.99. The fourth-order valence-corrected chi connectivity index (χ4v) is 3.55. The van der Waals surface area contributed by atoms with E-state index in [0.717, 1.165) is 18.4 Å². The number of carbonyl (C=O) groups is 4. The summed E-state index contributed by atoms with van der Waals surface area (Å²) in [5, 5.41) is 0. The first-order valence-corrected chi connectivity index (χ1v) is 12.3. The van der Waals surface area contributed by atoms with Crippen molar-refractivity contribution in [3.05, 3.63) is 82.5 Å². The van der Waals surface area contributed by atoms with Crippen molar-refractivity contribution < 1.29 is 33.4 Å². The molecule has 38 heavy (non-hydrogen) atoms. The van der Waals surface area contributed by atoms with Crippen LogP contribution in [0.5, 0.6) is 17.2 Å². The quantitative estimate of drug-likeness (QED) is 0.109. The number of hydrogen-bond donors (Lipinski definition) is 0. The molecule has 0 amide bonds. The molecule has 0 atom stereocenters. The van der Waals surface area contributed by atoms with Crippen molar-refractivity contribution >= 4 is 29.8 Å². The van der Waals surface area contributed by atoms with Crippen molar-refractivity contribution in [2.24, 2.45) is 0 Å². The van der Waals surface area contributed by atoms with Gasteiger partial charge >= 0.3 is 17.9 Å². The van der Waals surface area contributed by atoms with Crippen molar-refractivity contribution in [1.82, 2.24) is 0 Å². The van der Waals surface area contributed by atoms with Gasteiger partial charge < -0.3 is 14.2 Å². The summed E-state index contributed by atoms with van der Waals surface area (Å²) >= 11 is 0. The second-order valence-corrected chi connectivity index (χ2v) is 9.04. The van der Waals surface area contributed by atoms with Gasteiger partial charge in [-0.3, -0.25) is 19.2 Å². The summed E-state index contributed by atoms with van der Waals surface area (Å²) in [6, 6.07) is 9.65. The summed E-state index contributed by atoms with van der Waals surface area (Å²) in [6.07, 6.45) is 9.13. The first-order valence-electron chi connectivity index (χ1n) is 12.3. The minimum atomic E-state index is -0.602. The van der Waals surface area contributed by atoms with Crippen LogP contribution in [0.25, 0.3) is 6.08 Å². The number of rotatable bonds is 11. The molecule has 0 N–H and O–H groups in total. The molecule has 7 heteroatoms. The number of esters is 3. The van der Waals surface area contributed by atoms with E-state index in [9.17, 15) is 19.2 Å². The lowest BCUT2D eigenvalue weighted by Crippen LogP contribution is -2.12. The Hall–Kier alpha value is -4.26. The molecule has 0 saturated heterocycles. The van der Waals surface area contributed by atoms with Gasteiger partial charge in [0.05, 0.1) is 5.56 Å². The zero-order chi connectivity index (χ0) is 28.2. The first kappa shape index (κ1) is 30.0. The van der Waals surface area contributed by atoms with E-state index in [-0.39, 0.29) is 17.1 Å². The third-order valence-corrected chi connectivity index (χ3v) is 5.30. The molecule has 0 heterocycles. The van der Waals surface area contributed by atoms with E-state index in [1.807, 2.05) is 26.8 Å². The summed E-state index contributed by atoms with van der Waals surface area (Å²) in [5.74, 6) is -1.27. The molecule has 0 fully saturated rings. The molecule has 0 spiro atoms. The van der Waals surface area contributed by atoms with E-state index in [2.05, 4.69) is 6.08 Å². The maximum atomic E-state index is 13.2. The molecule has 0 saturated carbocycles. The van der Waals surface area contributed by atoms with E-state index in [1.165, 1.54) is 44.6 Å². The average Bonchev–Trinajstić information content (AvgIpc) is 2.82. The highest BCUT2D eigenvalue weighted by molar-refractivity contribution is 6.09. The van der Waals surface area contributed by atoms with Gasteiger partial charge in [-0.2, -0.15) is 0 Å². The molecule has 0 bridgehead atoms. The number of benzene rings is 2. The largest absolute Gasteiger partial charge is 0.427 e. The summed E-state index contributed by atoms with van der Waals surface area (Å²) in [7, 11) is 0. The van der Waals surface area contributed by atoms with Gasteiger partial charge in [0.25, 0.3) is 0 Å². The van der Waals surface area contributed by atoms with Crippen LogP contribution in [0.3, 0.4) is 0 Å². The van der Waals surface area contributed by atoms with Gasteiger partial charge in [0.15, 0.2) is 5.78 Å². The second-order valence-electron chi connectivity index (χ2n) is 9.04. The lowest BCUT2D eigenvalue weighted by Gasteiger charge is -2.16. The van der Waals surface area contributed by atoms with Crippen LogP contribution in [-0.4, -0.2) is 23.7 Å². The Morgan fingerprint density at radius 1 is 0.737 bits per heavy atom. The molecular weight excluding hydrogens is 484 g/mol. The fraction of sp³-hybridized carbons (Fsp3) is 0.290. The van der Waals surface area contributed by atoms with Gasteiger partial charge in [-0.15, -0.1) is 0 Å². The van der Waals surface area contributed by atoms with E-state index in [1.54, 1.807) is 30.3 Å². The molecule has 0 unspecified atom stereocenters. The predicted octanol–water partition coefficient (Wildman–Crippen LogP) is 6.59. The maximum Gasteiger partial charge on any atom is 0.308 e. The molecular formula is C31H34O7. The van der Waals surface area contributed by atoms with Crippen molar-refractivity contribution in [1.29, 1.82) is 0 Å². The molecule has 0 aromatic heterocycles. The van der Waals surface area contributed by atoms with Crippen molar-refractivity contribution in [2.75, 3.05) is 0 Å². The summed E-state index contributed by atoms with van der Waals surface area (Å²) < 4.78 is 15.9. The van der Waals surface area contributed by atoms with Crippen LogP contribution < -0.4 is 14.2 Å². The molecule has 200 valence electrons. The molecule has 2 aromatic carbocycles. The van der Waals surface area contributed by atoms with E-state index in [0.29, 0.717) is 23.3 Å². The topological polar surface area (TPSA) is 96.0 Å². The Balaban J connectivity index is 2.43. The summed E-state index contributed by atoms with van der Waals surface area (Å²) in [5.41, 5.74) is 3.65. The van der Waals surface area contributed by atoms with Gasteiger partial charge in [-0.25, -0.2) is 0 Å². The summed E-state index contributed by atoms with van der Waals surface area (Å²) in [4.78, 5) is 48.0. The van der Waals surface area contributed by atoms with Gasteiger partial charge in [0, 0.05) is 26.3 Å². The Kier molecular flexibility index (Phi) is 11.4. The van der Waals surface area contributed by atoms with Gasteiger partial charge in [0.2, 0.25) is 0 Å². The van der Waals surface area contributed by atoms with E-state index < -0.39 is 23.7 Å². The normalized spacial score (nSPS) is 11.2. The van der Waals surface area contributed by atoms with Crippen molar-refractivity contribution in [2.45, 2.75) is 60.8 Å². The van der Waals surface area contributed by atoms with Crippen LogP contribution >= 0.6 is 0 Å². The minimum absolute atomic E-state index is 0.0597. The van der Waals surface area contributed by atoms with E-state index in [4.69, 9.17) is 14.2 Å². The maximum absolute atomic E-state index is 13.2. The minimum Gasteiger partial charge on any atom is -0.427 e. The number of ketones is 1. The van der Waals surface area contributed by atoms with Crippen LogP contribution in [0.2, 0.25) is 0 Å². The highest BCUT2D eigenvalue weighted by Gasteiger charge is 2.21. The standard InChI is InChI=1S/C31H34O7/c1-20(2)8-7-9-21(3)10-16-28-30(37-23(5)33)19-17-27(31(28)38-24(6)34)29(35)18-13-25-11-14-26(15-12-25)36-22(4)32/h8,10-15,17-19H,7,9,16H2,1-6H3. The first-order chi connectivity index (χ1) is 18.0. The zero-order valence-electron chi connectivity index (χ0n) is 22.8. The predicted molar refractivity (Wildman–Crippen MR) is 146 cm³/mol. The van der Waals surface area contributed by atoms with Gasteiger partial charge in [-0.05, 0) is 75.9 Å². The second kappa shape index (κ2) is 14.5. The number of ether oxygens (including phenoxy) is 3. The Morgan fingerprint density at radius 2 is 1.37 bits per heavy atom. The number of hydrogen-bond acceptors (Lipinski definition) is 7. The Bertz CT molecular complexity index is 1270. The Labute approximate surface area is 223 Å². The Morgan fingerprint density at radius 3 is 1.95 bits per heavy atom. The molecule has 0 aliphatic heterocycles. The van der Waals surface area contributed by atoms with Gasteiger partial charge in [0.1, 0.15) is 17.2 Å². The van der Waals surface area contributed by atoms with Crippen LogP contribution in [0.4, 0.5) is 0 Å². The highest BCUT2D eigenvalue weighted by Crippen LogP contribution is 2.35. The van der Waals surface area contributed by atoms with Crippen LogP contribution in [0.15, 0.2) is 65.8 Å². The molecule has 0 aliphatic rings. The third kappa shape index (κ3) is 10.0. The van der Waals surface area contributed by atoms with Crippen LogP contribution in [-0.2, 0) is 20.8 Å². The zero-order valence-corrected chi connectivity index (χ0v) is 22.8. The number of allylic oxidation sites excluding steroid dienone is 5. The molecule has 2 aromatic rings. The highest BCUT2D eigenvalue weighted by atomic mass is 16.5. The third-order valence-electron chi connectivity index (χ3n) is 5.30.